The van der Waals surface area contributed by atoms with E-state index in [1.807, 2.05) is 18.2 Å². The Morgan fingerprint density at radius 2 is 2.29 bits per heavy atom. The molecule has 4 heteroatoms. The van der Waals surface area contributed by atoms with E-state index in [0.717, 1.165) is 23.9 Å². The maximum atomic E-state index is 10.00. The van der Waals surface area contributed by atoms with E-state index in [1.165, 1.54) is 0 Å². The number of benzene rings is 1. The zero-order valence-electron chi connectivity index (χ0n) is 9.19. The minimum atomic E-state index is 0.177. The Morgan fingerprint density at radius 3 is 3.06 bits per heavy atom. The van der Waals surface area contributed by atoms with E-state index in [9.17, 15) is 5.11 Å². The summed E-state index contributed by atoms with van der Waals surface area (Å²) in [6.07, 6.45) is 0.899. The van der Waals surface area contributed by atoms with Gasteiger partial charge in [0.15, 0.2) is 0 Å². The summed E-state index contributed by atoms with van der Waals surface area (Å²) in [7, 11) is 0. The molecule has 2 aromatic rings. The molecule has 1 unspecified atom stereocenters. The second kappa shape index (κ2) is 4.17. The fourth-order valence-corrected chi connectivity index (χ4v) is 2.44. The number of aromatic hydroxyl groups is 1. The fourth-order valence-electron chi connectivity index (χ4n) is 2.22. The first-order valence-corrected chi connectivity index (χ1v) is 5.99. The average Bonchev–Trinajstić information content (AvgIpc) is 2.82. The maximum Gasteiger partial charge on any atom is 0.138 e. The van der Waals surface area contributed by atoms with Gasteiger partial charge in [-0.3, -0.25) is 0 Å². The number of para-hydroxylation sites is 1. The molecule has 0 bridgehead atoms. The summed E-state index contributed by atoms with van der Waals surface area (Å²) in [6.45, 7) is 1.35. The highest BCUT2D eigenvalue weighted by atomic mass is 35.5. The molecule has 1 saturated heterocycles. The Morgan fingerprint density at radius 1 is 1.41 bits per heavy atom. The molecule has 0 saturated carbocycles. The molecule has 0 spiro atoms. The first-order valence-electron chi connectivity index (χ1n) is 5.61. The summed E-state index contributed by atoms with van der Waals surface area (Å²) in [5.74, 6) is 0.408. The Balaban J connectivity index is 2.18. The van der Waals surface area contributed by atoms with Crippen LogP contribution in [0, 0.1) is 0 Å². The van der Waals surface area contributed by atoms with Crippen molar-refractivity contribution in [2.24, 2.45) is 0 Å². The standard InChI is InChI=1S/C13H12ClNO2/c14-10-3-1-2-8-6-11(16)13(15-12(8)10)9-4-5-17-7-9/h1-3,6,9,16H,4-5,7H2. The van der Waals surface area contributed by atoms with E-state index < -0.39 is 0 Å². The van der Waals surface area contributed by atoms with Crippen molar-refractivity contribution in [2.75, 3.05) is 13.2 Å². The quantitative estimate of drug-likeness (QED) is 0.845. The highest BCUT2D eigenvalue weighted by Crippen LogP contribution is 2.34. The third-order valence-electron chi connectivity index (χ3n) is 3.12. The van der Waals surface area contributed by atoms with Crippen molar-refractivity contribution in [1.82, 2.24) is 4.98 Å². The number of fused-ring (bicyclic) bond motifs is 1. The largest absolute Gasteiger partial charge is 0.506 e. The van der Waals surface area contributed by atoms with Gasteiger partial charge in [0, 0.05) is 17.9 Å². The first-order chi connectivity index (χ1) is 8.25. The van der Waals surface area contributed by atoms with Crippen LogP contribution in [0.15, 0.2) is 24.3 Å². The molecule has 17 heavy (non-hydrogen) atoms. The minimum Gasteiger partial charge on any atom is -0.506 e. The number of ether oxygens (including phenoxy) is 1. The van der Waals surface area contributed by atoms with Gasteiger partial charge in [-0.25, -0.2) is 4.98 Å². The lowest BCUT2D eigenvalue weighted by Crippen LogP contribution is -2.01. The van der Waals surface area contributed by atoms with Crippen molar-refractivity contribution in [3.8, 4) is 5.75 Å². The average molecular weight is 250 g/mol. The van der Waals surface area contributed by atoms with Crippen molar-refractivity contribution in [3.05, 3.63) is 35.0 Å². The van der Waals surface area contributed by atoms with Gasteiger partial charge in [-0.1, -0.05) is 23.7 Å². The molecule has 0 amide bonds. The van der Waals surface area contributed by atoms with Crippen LogP contribution in [0.3, 0.4) is 0 Å². The molecule has 3 nitrogen and oxygen atoms in total. The van der Waals surface area contributed by atoms with E-state index in [2.05, 4.69) is 4.98 Å². The van der Waals surface area contributed by atoms with Gasteiger partial charge in [0.05, 0.1) is 22.8 Å². The van der Waals surface area contributed by atoms with Crippen LogP contribution in [0.2, 0.25) is 5.02 Å². The van der Waals surface area contributed by atoms with Crippen LogP contribution in [0.4, 0.5) is 0 Å². The van der Waals surface area contributed by atoms with Gasteiger partial charge in [0.25, 0.3) is 0 Å². The second-order valence-corrected chi connectivity index (χ2v) is 4.67. The van der Waals surface area contributed by atoms with E-state index in [1.54, 1.807) is 6.07 Å². The Kier molecular flexibility index (Phi) is 2.65. The van der Waals surface area contributed by atoms with Gasteiger partial charge in [-0.2, -0.15) is 0 Å². The van der Waals surface area contributed by atoms with Gasteiger partial charge in [-0.05, 0) is 18.6 Å². The number of rotatable bonds is 1. The predicted octanol–water partition coefficient (Wildman–Crippen LogP) is 3.10. The highest BCUT2D eigenvalue weighted by molar-refractivity contribution is 6.35. The Labute approximate surface area is 104 Å². The number of aromatic nitrogens is 1. The van der Waals surface area contributed by atoms with Crippen LogP contribution >= 0.6 is 11.6 Å². The SMILES string of the molecule is Oc1cc2cccc(Cl)c2nc1C1CCOC1. The molecule has 1 N–H and O–H groups in total. The molecule has 1 aromatic carbocycles. The summed E-state index contributed by atoms with van der Waals surface area (Å²) in [4.78, 5) is 4.49. The molecular formula is C13H12ClNO2. The molecule has 88 valence electrons. The van der Waals surface area contributed by atoms with E-state index >= 15 is 0 Å². The molecule has 1 fully saturated rings. The summed E-state index contributed by atoms with van der Waals surface area (Å²) < 4.78 is 5.32. The Hall–Kier alpha value is -1.32. The van der Waals surface area contributed by atoms with Crippen molar-refractivity contribution in [3.63, 3.8) is 0 Å². The lowest BCUT2D eigenvalue weighted by molar-refractivity contribution is 0.193. The smallest absolute Gasteiger partial charge is 0.138 e. The zero-order valence-corrected chi connectivity index (χ0v) is 9.94. The Bertz CT molecular complexity index is 565. The predicted molar refractivity (Wildman–Crippen MR) is 66.6 cm³/mol. The van der Waals surface area contributed by atoms with Crippen LogP contribution < -0.4 is 0 Å². The van der Waals surface area contributed by atoms with Crippen molar-refractivity contribution in [2.45, 2.75) is 12.3 Å². The van der Waals surface area contributed by atoms with Gasteiger partial charge >= 0.3 is 0 Å². The van der Waals surface area contributed by atoms with Gasteiger partial charge in [-0.15, -0.1) is 0 Å². The summed E-state index contributed by atoms with van der Waals surface area (Å²) in [5.41, 5.74) is 1.44. The third-order valence-corrected chi connectivity index (χ3v) is 3.43. The maximum absolute atomic E-state index is 10.00. The number of hydrogen-bond donors (Lipinski definition) is 1. The summed E-state index contributed by atoms with van der Waals surface area (Å²) in [5, 5.41) is 11.5. The number of nitrogens with zero attached hydrogens (tertiary/aromatic N) is 1. The minimum absolute atomic E-state index is 0.177. The van der Waals surface area contributed by atoms with Crippen molar-refractivity contribution < 1.29 is 9.84 Å². The normalized spacial score (nSPS) is 19.9. The molecule has 1 atom stereocenters. The molecular weight excluding hydrogens is 238 g/mol. The molecule has 1 aromatic heterocycles. The molecule has 0 radical (unpaired) electrons. The van der Waals surface area contributed by atoms with Crippen molar-refractivity contribution >= 4 is 22.5 Å². The molecule has 0 aliphatic carbocycles. The summed E-state index contributed by atoms with van der Waals surface area (Å²) >= 11 is 6.11. The molecule has 1 aliphatic rings. The topological polar surface area (TPSA) is 42.4 Å². The van der Waals surface area contributed by atoms with Crippen molar-refractivity contribution in [1.29, 1.82) is 0 Å². The van der Waals surface area contributed by atoms with Gasteiger partial charge in [0.2, 0.25) is 0 Å². The fraction of sp³-hybridized carbons (Fsp3) is 0.308. The second-order valence-electron chi connectivity index (χ2n) is 4.26. The highest BCUT2D eigenvalue weighted by Gasteiger charge is 2.23. The third kappa shape index (κ3) is 1.85. The van der Waals surface area contributed by atoms with Crippen LogP contribution in [0.1, 0.15) is 18.0 Å². The molecule has 2 heterocycles. The molecule has 3 rings (SSSR count). The van der Waals surface area contributed by atoms with Crippen LogP contribution in [-0.2, 0) is 4.74 Å². The van der Waals surface area contributed by atoms with Gasteiger partial charge in [0.1, 0.15) is 5.75 Å². The van der Waals surface area contributed by atoms with Gasteiger partial charge < -0.3 is 9.84 Å². The van der Waals surface area contributed by atoms with E-state index in [-0.39, 0.29) is 11.7 Å². The monoisotopic (exact) mass is 249 g/mol. The summed E-state index contributed by atoms with van der Waals surface area (Å²) in [6, 6.07) is 7.28. The van der Waals surface area contributed by atoms with E-state index in [4.69, 9.17) is 16.3 Å². The number of hydrogen-bond acceptors (Lipinski definition) is 3. The molecule has 1 aliphatic heterocycles. The van der Waals surface area contributed by atoms with Crippen LogP contribution in [-0.4, -0.2) is 23.3 Å². The lowest BCUT2D eigenvalue weighted by Gasteiger charge is -2.11. The zero-order chi connectivity index (χ0) is 11.8. The van der Waals surface area contributed by atoms with Crippen LogP contribution in [0.5, 0.6) is 5.75 Å². The first kappa shape index (κ1) is 10.8. The number of halogens is 1. The number of pyridine rings is 1. The lowest BCUT2D eigenvalue weighted by atomic mass is 10.0. The van der Waals surface area contributed by atoms with Crippen LogP contribution in [0.25, 0.3) is 10.9 Å². The van der Waals surface area contributed by atoms with E-state index in [0.29, 0.717) is 17.3 Å².